The number of hydrogen-bond acceptors (Lipinski definition) is 3. The average Bonchev–Trinajstić information content (AvgIpc) is 3.06. The third-order valence-corrected chi connectivity index (χ3v) is 3.83. The van der Waals surface area contributed by atoms with Crippen molar-refractivity contribution >= 4 is 5.91 Å². The standard InChI is InChI=1S/C13H24N2O2/c1-10-6-12(7-14)8-15(10)13(16)4-5-17-9-11-2-3-11/h10-12H,2-9,14H2,1H3. The topological polar surface area (TPSA) is 55.6 Å². The normalized spacial score (nSPS) is 28.7. The van der Waals surface area contributed by atoms with Gasteiger partial charge in [-0.05, 0) is 44.6 Å². The van der Waals surface area contributed by atoms with Crippen molar-refractivity contribution in [3.05, 3.63) is 0 Å². The van der Waals surface area contributed by atoms with Gasteiger partial charge in [-0.3, -0.25) is 4.79 Å². The van der Waals surface area contributed by atoms with E-state index in [4.69, 9.17) is 10.5 Å². The molecule has 1 aliphatic heterocycles. The Bertz CT molecular complexity index is 266. The number of nitrogens with zero attached hydrogens (tertiary/aromatic N) is 1. The fraction of sp³-hybridized carbons (Fsp3) is 0.923. The molecule has 4 heteroatoms. The quantitative estimate of drug-likeness (QED) is 0.705. The average molecular weight is 240 g/mol. The maximum atomic E-state index is 12.0. The first-order valence-electron chi connectivity index (χ1n) is 6.78. The predicted molar refractivity (Wildman–Crippen MR) is 66.5 cm³/mol. The summed E-state index contributed by atoms with van der Waals surface area (Å²) in [6.45, 7) is 5.05. The highest BCUT2D eigenvalue weighted by molar-refractivity contribution is 5.76. The van der Waals surface area contributed by atoms with E-state index < -0.39 is 0 Å². The van der Waals surface area contributed by atoms with Gasteiger partial charge in [0.15, 0.2) is 0 Å². The molecular weight excluding hydrogens is 216 g/mol. The smallest absolute Gasteiger partial charge is 0.225 e. The van der Waals surface area contributed by atoms with Gasteiger partial charge in [-0.15, -0.1) is 0 Å². The van der Waals surface area contributed by atoms with E-state index in [9.17, 15) is 4.79 Å². The number of carbonyl (C=O) groups excluding carboxylic acids is 1. The monoisotopic (exact) mass is 240 g/mol. The van der Waals surface area contributed by atoms with Crippen molar-refractivity contribution < 1.29 is 9.53 Å². The summed E-state index contributed by atoms with van der Waals surface area (Å²) in [6.07, 6.45) is 4.17. The molecule has 98 valence electrons. The lowest BCUT2D eigenvalue weighted by Gasteiger charge is -2.21. The Morgan fingerprint density at radius 1 is 1.41 bits per heavy atom. The molecule has 0 spiro atoms. The summed E-state index contributed by atoms with van der Waals surface area (Å²) in [7, 11) is 0. The molecule has 0 radical (unpaired) electrons. The highest BCUT2D eigenvalue weighted by atomic mass is 16.5. The van der Waals surface area contributed by atoms with Crippen molar-refractivity contribution in [3.63, 3.8) is 0 Å². The number of ether oxygens (including phenoxy) is 1. The van der Waals surface area contributed by atoms with E-state index >= 15 is 0 Å². The van der Waals surface area contributed by atoms with Crippen molar-refractivity contribution in [3.8, 4) is 0 Å². The fourth-order valence-electron chi connectivity index (χ4n) is 2.50. The number of amides is 1. The lowest BCUT2D eigenvalue weighted by molar-refractivity contribution is -0.133. The van der Waals surface area contributed by atoms with Crippen LogP contribution in [0.5, 0.6) is 0 Å². The first-order valence-corrected chi connectivity index (χ1v) is 6.78. The van der Waals surface area contributed by atoms with Crippen molar-refractivity contribution in [2.24, 2.45) is 17.6 Å². The summed E-state index contributed by atoms with van der Waals surface area (Å²) in [5.41, 5.74) is 5.66. The van der Waals surface area contributed by atoms with Crippen LogP contribution in [0.2, 0.25) is 0 Å². The molecule has 1 amide bonds. The van der Waals surface area contributed by atoms with Crippen molar-refractivity contribution in [2.45, 2.75) is 38.6 Å². The van der Waals surface area contributed by atoms with Gasteiger partial charge in [0.1, 0.15) is 0 Å². The lowest BCUT2D eigenvalue weighted by atomic mass is 10.1. The van der Waals surface area contributed by atoms with Gasteiger partial charge in [0.05, 0.1) is 13.0 Å². The van der Waals surface area contributed by atoms with Crippen LogP contribution in [0.4, 0.5) is 0 Å². The molecule has 1 saturated heterocycles. The van der Waals surface area contributed by atoms with Gasteiger partial charge in [0.2, 0.25) is 5.91 Å². The third-order valence-electron chi connectivity index (χ3n) is 3.83. The second-order valence-corrected chi connectivity index (χ2v) is 5.50. The van der Waals surface area contributed by atoms with Crippen LogP contribution in [0.1, 0.15) is 32.6 Å². The molecule has 0 aromatic carbocycles. The first kappa shape index (κ1) is 12.8. The second-order valence-electron chi connectivity index (χ2n) is 5.50. The molecule has 2 rings (SSSR count). The third kappa shape index (κ3) is 3.68. The predicted octanol–water partition coefficient (Wildman–Crippen LogP) is 0.999. The fourth-order valence-corrected chi connectivity index (χ4v) is 2.50. The highest BCUT2D eigenvalue weighted by Gasteiger charge is 2.31. The van der Waals surface area contributed by atoms with Crippen molar-refractivity contribution in [2.75, 3.05) is 26.3 Å². The molecule has 2 atom stereocenters. The van der Waals surface area contributed by atoms with Gasteiger partial charge in [-0.25, -0.2) is 0 Å². The van der Waals surface area contributed by atoms with Gasteiger partial charge in [0, 0.05) is 19.2 Å². The van der Waals surface area contributed by atoms with Crippen LogP contribution in [0, 0.1) is 11.8 Å². The largest absolute Gasteiger partial charge is 0.381 e. The molecule has 4 nitrogen and oxygen atoms in total. The van der Waals surface area contributed by atoms with E-state index in [1.807, 2.05) is 4.90 Å². The molecule has 1 saturated carbocycles. The summed E-state index contributed by atoms with van der Waals surface area (Å²) in [5, 5.41) is 0. The number of nitrogens with two attached hydrogens (primary N) is 1. The van der Waals surface area contributed by atoms with Gasteiger partial charge in [0.25, 0.3) is 0 Å². The van der Waals surface area contributed by atoms with E-state index in [1.165, 1.54) is 12.8 Å². The molecule has 0 bridgehead atoms. The summed E-state index contributed by atoms with van der Waals surface area (Å²) in [6, 6.07) is 0.347. The van der Waals surface area contributed by atoms with E-state index in [0.717, 1.165) is 25.5 Å². The highest BCUT2D eigenvalue weighted by Crippen LogP contribution is 2.28. The Balaban J connectivity index is 1.64. The minimum Gasteiger partial charge on any atom is -0.381 e. The minimum atomic E-state index is 0.226. The van der Waals surface area contributed by atoms with Gasteiger partial charge in [-0.2, -0.15) is 0 Å². The zero-order valence-corrected chi connectivity index (χ0v) is 10.7. The minimum absolute atomic E-state index is 0.226. The van der Waals surface area contributed by atoms with Crippen LogP contribution in [0.3, 0.4) is 0 Å². The molecule has 17 heavy (non-hydrogen) atoms. The molecular formula is C13H24N2O2. The van der Waals surface area contributed by atoms with Crippen LogP contribution in [-0.2, 0) is 9.53 Å². The molecule has 2 fully saturated rings. The van der Waals surface area contributed by atoms with E-state index in [0.29, 0.717) is 31.5 Å². The molecule has 2 N–H and O–H groups in total. The van der Waals surface area contributed by atoms with Crippen molar-refractivity contribution in [1.29, 1.82) is 0 Å². The van der Waals surface area contributed by atoms with Crippen LogP contribution >= 0.6 is 0 Å². The second kappa shape index (κ2) is 5.83. The Kier molecular flexibility index (Phi) is 4.40. The van der Waals surface area contributed by atoms with Crippen molar-refractivity contribution in [1.82, 2.24) is 4.90 Å². The maximum Gasteiger partial charge on any atom is 0.225 e. The molecule has 2 aliphatic rings. The zero-order chi connectivity index (χ0) is 12.3. The van der Waals surface area contributed by atoms with E-state index in [1.54, 1.807) is 0 Å². The Labute approximate surface area is 103 Å². The number of rotatable bonds is 6. The summed E-state index contributed by atoms with van der Waals surface area (Å²) < 4.78 is 5.50. The molecule has 2 unspecified atom stereocenters. The van der Waals surface area contributed by atoms with Gasteiger partial charge in [-0.1, -0.05) is 0 Å². The Morgan fingerprint density at radius 2 is 2.18 bits per heavy atom. The lowest BCUT2D eigenvalue weighted by Crippen LogP contribution is -2.35. The van der Waals surface area contributed by atoms with E-state index in [-0.39, 0.29) is 5.91 Å². The van der Waals surface area contributed by atoms with Crippen LogP contribution in [-0.4, -0.2) is 43.2 Å². The van der Waals surface area contributed by atoms with Gasteiger partial charge >= 0.3 is 0 Å². The first-order chi connectivity index (χ1) is 8.20. The van der Waals surface area contributed by atoms with Crippen LogP contribution < -0.4 is 5.73 Å². The summed E-state index contributed by atoms with van der Waals surface area (Å²) in [4.78, 5) is 14.0. The summed E-state index contributed by atoms with van der Waals surface area (Å²) >= 11 is 0. The molecule has 0 aromatic rings. The van der Waals surface area contributed by atoms with Gasteiger partial charge < -0.3 is 15.4 Å². The molecule has 1 aliphatic carbocycles. The Hall–Kier alpha value is -0.610. The maximum absolute atomic E-state index is 12.0. The molecule has 1 heterocycles. The molecule has 0 aromatic heterocycles. The van der Waals surface area contributed by atoms with E-state index in [2.05, 4.69) is 6.92 Å². The Morgan fingerprint density at radius 3 is 2.76 bits per heavy atom. The number of hydrogen-bond donors (Lipinski definition) is 1. The number of carbonyl (C=O) groups is 1. The van der Waals surface area contributed by atoms with Crippen LogP contribution in [0.25, 0.3) is 0 Å². The number of likely N-dealkylation sites (tertiary alicyclic amines) is 1. The SMILES string of the molecule is CC1CC(CN)CN1C(=O)CCOCC1CC1. The zero-order valence-electron chi connectivity index (χ0n) is 10.7. The summed E-state index contributed by atoms with van der Waals surface area (Å²) in [5.74, 6) is 1.49. The van der Waals surface area contributed by atoms with Crippen LogP contribution in [0.15, 0.2) is 0 Å².